The Hall–Kier alpha value is -1.32. The Morgan fingerprint density at radius 3 is 1.80 bits per heavy atom. The first-order chi connectivity index (χ1) is 13.4. The van der Waals surface area contributed by atoms with Crippen molar-refractivity contribution in [3.63, 3.8) is 0 Å². The minimum absolute atomic E-state index is 0.0443. The molecule has 0 heterocycles. The first kappa shape index (κ1) is 26.7. The van der Waals surface area contributed by atoms with Crippen LogP contribution in [0.3, 0.4) is 0 Å². The lowest BCUT2D eigenvalue weighted by atomic mass is 10.1. The average Bonchev–Trinajstić information content (AvgIpc) is 2.53. The fourth-order valence-corrected chi connectivity index (χ4v) is 4.38. The molecule has 5 nitrogen and oxygen atoms in total. The number of rotatable bonds is 8. The van der Waals surface area contributed by atoms with E-state index in [0.29, 0.717) is 6.42 Å². The summed E-state index contributed by atoms with van der Waals surface area (Å²) in [5, 5.41) is 9.69. The standard InChI is InChI=1S/C23H42O5Si2/c1-17(25)26-19(16-24)14-18-12-13-20(27-29(8,9)22(2,3)4)21(15-18)28-30(10,11)23(5,6)7/h12-13,15,19,24H,14,16H2,1-11H3/t19-/m0/s1. The van der Waals surface area contributed by atoms with Crippen molar-refractivity contribution >= 4 is 22.6 Å². The van der Waals surface area contributed by atoms with Crippen LogP contribution in [0.25, 0.3) is 0 Å². The lowest BCUT2D eigenvalue weighted by Gasteiger charge is -2.39. The molecule has 1 rings (SSSR count). The third-order valence-electron chi connectivity index (χ3n) is 6.35. The summed E-state index contributed by atoms with van der Waals surface area (Å²) in [6, 6.07) is 5.91. The molecule has 0 aromatic heterocycles. The molecule has 1 aromatic rings. The van der Waals surface area contributed by atoms with Gasteiger partial charge < -0.3 is 18.7 Å². The number of hydrogen-bond acceptors (Lipinski definition) is 5. The molecule has 1 N–H and O–H groups in total. The summed E-state index contributed by atoms with van der Waals surface area (Å²) in [5.74, 6) is 1.11. The number of carbonyl (C=O) groups excluding carboxylic acids is 1. The molecule has 172 valence electrons. The zero-order valence-corrected chi connectivity index (χ0v) is 22.8. The van der Waals surface area contributed by atoms with Crippen LogP contribution < -0.4 is 8.85 Å². The number of esters is 1. The van der Waals surface area contributed by atoms with Gasteiger partial charge in [-0.2, -0.15) is 0 Å². The zero-order chi connectivity index (χ0) is 23.5. The number of ether oxygens (including phenoxy) is 1. The highest BCUT2D eigenvalue weighted by atomic mass is 28.4. The molecule has 0 aliphatic rings. The van der Waals surface area contributed by atoms with Gasteiger partial charge in [0, 0.05) is 13.3 Å². The molecule has 0 spiro atoms. The van der Waals surface area contributed by atoms with Crippen molar-refractivity contribution in [1.29, 1.82) is 0 Å². The molecule has 0 aliphatic carbocycles. The third kappa shape index (κ3) is 7.13. The summed E-state index contributed by atoms with van der Waals surface area (Å²) < 4.78 is 18.5. The van der Waals surface area contributed by atoms with Gasteiger partial charge in [0.1, 0.15) is 17.6 Å². The normalized spacial score (nSPS) is 14.3. The SMILES string of the molecule is CC(=O)O[C@H](CO)Cc1ccc(O[Si](C)(C)C(C)(C)C)c(O[Si](C)(C)C(C)(C)C)c1. The fraction of sp³-hybridized carbons (Fsp3) is 0.696. The quantitative estimate of drug-likeness (QED) is 0.390. The molecule has 30 heavy (non-hydrogen) atoms. The van der Waals surface area contributed by atoms with Crippen LogP contribution in [0.2, 0.25) is 36.3 Å². The molecular weight excluding hydrogens is 412 g/mol. The van der Waals surface area contributed by atoms with Crippen molar-refractivity contribution in [3.8, 4) is 11.5 Å². The van der Waals surface area contributed by atoms with Gasteiger partial charge in [-0.3, -0.25) is 4.79 Å². The van der Waals surface area contributed by atoms with E-state index in [9.17, 15) is 9.90 Å². The van der Waals surface area contributed by atoms with Gasteiger partial charge in [-0.25, -0.2) is 0 Å². The van der Waals surface area contributed by atoms with Crippen LogP contribution in [0.4, 0.5) is 0 Å². The summed E-state index contributed by atoms with van der Waals surface area (Å²) in [5.41, 5.74) is 0.937. The summed E-state index contributed by atoms with van der Waals surface area (Å²) in [6.45, 7) is 23.3. The van der Waals surface area contributed by atoms with Crippen molar-refractivity contribution in [2.75, 3.05) is 6.61 Å². The second kappa shape index (κ2) is 9.44. The topological polar surface area (TPSA) is 65.0 Å². The van der Waals surface area contributed by atoms with Gasteiger partial charge in [-0.1, -0.05) is 47.6 Å². The van der Waals surface area contributed by atoms with E-state index < -0.39 is 28.7 Å². The predicted octanol–water partition coefficient (Wildman–Crippen LogP) is 5.92. The summed E-state index contributed by atoms with van der Waals surface area (Å²) >= 11 is 0. The van der Waals surface area contributed by atoms with E-state index in [2.05, 4.69) is 67.7 Å². The Balaban J connectivity index is 3.36. The third-order valence-corrected chi connectivity index (χ3v) is 15.0. The van der Waals surface area contributed by atoms with E-state index >= 15 is 0 Å². The first-order valence-electron chi connectivity index (χ1n) is 10.7. The molecule has 0 saturated carbocycles. The van der Waals surface area contributed by atoms with Gasteiger partial charge in [0.2, 0.25) is 0 Å². The predicted molar refractivity (Wildman–Crippen MR) is 128 cm³/mol. The summed E-state index contributed by atoms with van der Waals surface area (Å²) in [4.78, 5) is 11.3. The Morgan fingerprint density at radius 1 is 0.933 bits per heavy atom. The van der Waals surface area contributed by atoms with Crippen LogP contribution in [-0.4, -0.2) is 40.4 Å². The van der Waals surface area contributed by atoms with Crippen molar-refractivity contribution in [3.05, 3.63) is 23.8 Å². The molecule has 0 fully saturated rings. The number of hydrogen-bond donors (Lipinski definition) is 1. The number of aliphatic hydroxyl groups excluding tert-OH is 1. The van der Waals surface area contributed by atoms with Gasteiger partial charge in [0.15, 0.2) is 0 Å². The highest BCUT2D eigenvalue weighted by Gasteiger charge is 2.42. The summed E-state index contributed by atoms with van der Waals surface area (Å²) in [6.07, 6.45) is -0.153. The van der Waals surface area contributed by atoms with E-state index in [1.165, 1.54) is 6.92 Å². The van der Waals surface area contributed by atoms with Crippen LogP contribution in [0.5, 0.6) is 11.5 Å². The van der Waals surface area contributed by atoms with E-state index in [1.54, 1.807) is 0 Å². The largest absolute Gasteiger partial charge is 0.541 e. The second-order valence-electron chi connectivity index (χ2n) is 11.1. The van der Waals surface area contributed by atoms with Crippen LogP contribution in [0, 0.1) is 0 Å². The molecular formula is C23H42O5Si2. The molecule has 7 heteroatoms. The van der Waals surface area contributed by atoms with E-state index in [1.807, 2.05) is 18.2 Å². The minimum atomic E-state index is -2.10. The molecule has 0 saturated heterocycles. The monoisotopic (exact) mass is 454 g/mol. The maximum Gasteiger partial charge on any atom is 0.302 e. The van der Waals surface area contributed by atoms with Gasteiger partial charge in [-0.15, -0.1) is 0 Å². The molecule has 1 aromatic carbocycles. The van der Waals surface area contributed by atoms with Crippen molar-refractivity contribution < 1.29 is 23.5 Å². The van der Waals surface area contributed by atoms with Crippen molar-refractivity contribution in [1.82, 2.24) is 0 Å². The molecule has 1 atom stereocenters. The zero-order valence-electron chi connectivity index (χ0n) is 20.8. The second-order valence-corrected chi connectivity index (χ2v) is 20.6. The molecule has 0 amide bonds. The van der Waals surface area contributed by atoms with Gasteiger partial charge in [0.25, 0.3) is 16.6 Å². The Labute approximate surface area is 185 Å². The molecule has 0 radical (unpaired) electrons. The van der Waals surface area contributed by atoms with Gasteiger partial charge in [-0.05, 0) is 54.0 Å². The first-order valence-corrected chi connectivity index (χ1v) is 16.5. The molecule has 0 aliphatic heterocycles. The number of aliphatic hydroxyl groups is 1. The molecule has 0 unspecified atom stereocenters. The number of carbonyl (C=O) groups is 1. The van der Waals surface area contributed by atoms with Crippen LogP contribution >= 0.6 is 0 Å². The lowest BCUT2D eigenvalue weighted by Crippen LogP contribution is -2.45. The lowest BCUT2D eigenvalue weighted by molar-refractivity contribution is -0.148. The fourth-order valence-electron chi connectivity index (χ4n) is 2.34. The van der Waals surface area contributed by atoms with Gasteiger partial charge in [0.05, 0.1) is 6.61 Å². The minimum Gasteiger partial charge on any atom is -0.541 e. The maximum atomic E-state index is 11.3. The average molecular weight is 455 g/mol. The highest BCUT2D eigenvalue weighted by molar-refractivity contribution is 6.75. The maximum absolute atomic E-state index is 11.3. The van der Waals surface area contributed by atoms with Crippen LogP contribution in [0.1, 0.15) is 54.0 Å². The highest BCUT2D eigenvalue weighted by Crippen LogP contribution is 2.43. The Bertz CT molecular complexity index is 730. The smallest absolute Gasteiger partial charge is 0.302 e. The van der Waals surface area contributed by atoms with Crippen molar-refractivity contribution in [2.45, 2.75) is 97.3 Å². The van der Waals surface area contributed by atoms with Gasteiger partial charge >= 0.3 is 5.97 Å². The van der Waals surface area contributed by atoms with E-state index in [4.69, 9.17) is 13.6 Å². The Kier molecular flexibility index (Phi) is 8.41. The number of benzene rings is 1. The van der Waals surface area contributed by atoms with Crippen LogP contribution in [-0.2, 0) is 16.0 Å². The van der Waals surface area contributed by atoms with Crippen LogP contribution in [0.15, 0.2) is 18.2 Å². The van der Waals surface area contributed by atoms with E-state index in [0.717, 1.165) is 17.1 Å². The Morgan fingerprint density at radius 2 is 1.40 bits per heavy atom. The van der Waals surface area contributed by atoms with E-state index in [-0.39, 0.29) is 16.7 Å². The van der Waals surface area contributed by atoms with Crippen molar-refractivity contribution in [2.24, 2.45) is 0 Å². The molecule has 0 bridgehead atoms. The summed E-state index contributed by atoms with van der Waals surface area (Å²) in [7, 11) is -4.15.